The number of amides is 3. The number of anilines is 2. The van der Waals surface area contributed by atoms with Crippen molar-refractivity contribution in [3.8, 4) is 5.75 Å². The fourth-order valence-electron chi connectivity index (χ4n) is 4.25. The van der Waals surface area contributed by atoms with Crippen LogP contribution in [0.1, 0.15) is 21.5 Å². The van der Waals surface area contributed by atoms with Gasteiger partial charge in [0.25, 0.3) is 11.8 Å². The van der Waals surface area contributed by atoms with E-state index >= 15 is 0 Å². The molecule has 5 aromatic rings. The number of benzene rings is 5. The maximum atomic E-state index is 13.5. The zero-order chi connectivity index (χ0) is 32.1. The molecule has 0 spiro atoms. The summed E-state index contributed by atoms with van der Waals surface area (Å²) in [6.07, 6.45) is 1.62. The Bertz CT molecular complexity index is 1810. The third-order valence-corrected chi connectivity index (χ3v) is 8.27. The second kappa shape index (κ2) is 16.4. The lowest BCUT2D eigenvalue weighted by Crippen LogP contribution is -2.30. The van der Waals surface area contributed by atoms with Gasteiger partial charge in [-0.2, -0.15) is 0 Å². The minimum Gasteiger partial charge on any atom is -0.489 e. The lowest BCUT2D eigenvalue weighted by molar-refractivity contribution is -0.114. The second-order valence-corrected chi connectivity index (χ2v) is 12.3. The van der Waals surface area contributed by atoms with Gasteiger partial charge >= 0.3 is 0 Å². The molecule has 0 saturated heterocycles. The van der Waals surface area contributed by atoms with Crippen LogP contribution in [0.5, 0.6) is 5.75 Å². The minimum absolute atomic E-state index is 0.0711. The summed E-state index contributed by atoms with van der Waals surface area (Å²) in [4.78, 5) is 39.8. The maximum Gasteiger partial charge on any atom is 0.272 e. The molecule has 0 atom stereocenters. The number of thioether (sulfide) groups is 1. The Morgan fingerprint density at radius 1 is 0.717 bits per heavy atom. The molecule has 0 bridgehead atoms. The van der Waals surface area contributed by atoms with E-state index in [0.29, 0.717) is 29.2 Å². The van der Waals surface area contributed by atoms with E-state index in [-0.39, 0.29) is 17.4 Å². The molecule has 0 aromatic heterocycles. The van der Waals surface area contributed by atoms with Crippen molar-refractivity contribution >= 4 is 69.5 Å². The number of hydrogen-bond donors (Lipinski definition) is 3. The van der Waals surface area contributed by atoms with E-state index in [2.05, 4.69) is 38.5 Å². The van der Waals surface area contributed by atoms with Crippen LogP contribution in [-0.4, -0.2) is 23.5 Å². The van der Waals surface area contributed by atoms with Gasteiger partial charge in [-0.05, 0) is 107 Å². The molecule has 0 heterocycles. The Balaban J connectivity index is 1.26. The Labute approximate surface area is 285 Å². The average molecular weight is 740 g/mol. The maximum absolute atomic E-state index is 13.5. The summed E-state index contributed by atoms with van der Waals surface area (Å²) in [5, 5.41) is 8.53. The molecule has 0 unspecified atom stereocenters. The van der Waals surface area contributed by atoms with Crippen LogP contribution < -0.4 is 20.7 Å². The molecule has 9 heteroatoms. The zero-order valence-corrected chi connectivity index (χ0v) is 27.6. The van der Waals surface area contributed by atoms with E-state index in [4.69, 9.17) is 4.74 Å². The Morgan fingerprint density at radius 3 is 2.13 bits per heavy atom. The monoisotopic (exact) mass is 739 g/mol. The quantitative estimate of drug-likeness (QED) is 0.0685. The fraction of sp³-hybridized carbons (Fsp3) is 0.0541. The first kappa shape index (κ1) is 32.5. The second-order valence-electron chi connectivity index (χ2n) is 10.0. The topological polar surface area (TPSA) is 96.5 Å². The van der Waals surface area contributed by atoms with Gasteiger partial charge in [-0.3, -0.25) is 14.4 Å². The highest BCUT2D eigenvalue weighted by atomic mass is 127. The van der Waals surface area contributed by atoms with Crippen molar-refractivity contribution < 1.29 is 19.1 Å². The lowest BCUT2D eigenvalue weighted by atomic mass is 10.1. The number of carbonyl (C=O) groups is 3. The molecule has 0 saturated carbocycles. The molecule has 46 heavy (non-hydrogen) atoms. The van der Waals surface area contributed by atoms with Crippen LogP contribution >= 0.6 is 34.4 Å². The van der Waals surface area contributed by atoms with Crippen molar-refractivity contribution in [3.63, 3.8) is 0 Å². The molecule has 0 aliphatic rings. The van der Waals surface area contributed by atoms with Crippen LogP contribution in [0.25, 0.3) is 6.08 Å². The van der Waals surface area contributed by atoms with Crippen LogP contribution in [0, 0.1) is 3.57 Å². The average Bonchev–Trinajstić information content (AvgIpc) is 3.09. The number of rotatable bonds is 12. The van der Waals surface area contributed by atoms with Crippen molar-refractivity contribution in [2.75, 3.05) is 16.4 Å². The Morgan fingerprint density at radius 2 is 1.41 bits per heavy atom. The van der Waals surface area contributed by atoms with Gasteiger partial charge in [0.05, 0.1) is 5.75 Å². The molecule has 0 aliphatic carbocycles. The first-order valence-corrected chi connectivity index (χ1v) is 16.4. The molecule has 230 valence electrons. The van der Waals surface area contributed by atoms with Gasteiger partial charge in [-0.15, -0.1) is 11.8 Å². The smallest absolute Gasteiger partial charge is 0.272 e. The SMILES string of the molecule is O=C(CSc1cccc(NC(=O)/C(=C/c2ccc(OCc3ccccc3)cc2)NC(=O)c2ccccc2)c1)Nc1ccc(I)cc1. The molecule has 7 nitrogen and oxygen atoms in total. The molecule has 5 aromatic carbocycles. The summed E-state index contributed by atoms with van der Waals surface area (Å²) >= 11 is 3.57. The number of hydrogen-bond acceptors (Lipinski definition) is 5. The van der Waals surface area contributed by atoms with Crippen molar-refractivity contribution in [2.45, 2.75) is 11.5 Å². The van der Waals surface area contributed by atoms with Crippen molar-refractivity contribution in [2.24, 2.45) is 0 Å². The zero-order valence-electron chi connectivity index (χ0n) is 24.6. The molecule has 0 fully saturated rings. The molecular formula is C37H30IN3O4S. The summed E-state index contributed by atoms with van der Waals surface area (Å²) < 4.78 is 6.97. The van der Waals surface area contributed by atoms with Gasteiger partial charge in [-0.25, -0.2) is 0 Å². The van der Waals surface area contributed by atoms with Gasteiger partial charge in [0.15, 0.2) is 0 Å². The molecule has 0 radical (unpaired) electrons. The van der Waals surface area contributed by atoms with Crippen molar-refractivity contribution in [1.29, 1.82) is 0 Å². The van der Waals surface area contributed by atoms with E-state index < -0.39 is 11.8 Å². The first-order chi connectivity index (χ1) is 22.4. The molecule has 0 aliphatic heterocycles. The van der Waals surface area contributed by atoms with Gasteiger partial charge < -0.3 is 20.7 Å². The molecule has 5 rings (SSSR count). The van der Waals surface area contributed by atoms with Gasteiger partial charge in [0.2, 0.25) is 5.91 Å². The fourth-order valence-corrected chi connectivity index (χ4v) is 5.37. The van der Waals surface area contributed by atoms with Crippen molar-refractivity contribution in [1.82, 2.24) is 5.32 Å². The number of carbonyl (C=O) groups excluding carboxylic acids is 3. The van der Waals surface area contributed by atoms with Crippen LogP contribution in [0.15, 0.2) is 144 Å². The van der Waals surface area contributed by atoms with E-state index in [1.807, 2.05) is 91.0 Å². The summed E-state index contributed by atoms with van der Waals surface area (Å²) in [6, 6.07) is 40.6. The van der Waals surface area contributed by atoms with Crippen LogP contribution in [-0.2, 0) is 16.2 Å². The van der Waals surface area contributed by atoms with E-state index in [0.717, 1.165) is 19.7 Å². The summed E-state index contributed by atoms with van der Waals surface area (Å²) in [5.41, 5.74) is 3.51. The summed E-state index contributed by atoms with van der Waals surface area (Å²) in [7, 11) is 0. The number of nitrogens with one attached hydrogen (secondary N) is 3. The molecule has 3 N–H and O–H groups in total. The van der Waals surface area contributed by atoms with Crippen LogP contribution in [0.2, 0.25) is 0 Å². The number of halogens is 1. The summed E-state index contributed by atoms with van der Waals surface area (Å²) in [5.74, 6) is -0.152. The minimum atomic E-state index is -0.493. The standard InChI is InChI=1S/C37H30IN3O4S/c38-29-16-18-30(19-17-29)39-35(42)25-46-33-13-7-12-31(23-33)40-37(44)34(41-36(43)28-10-5-2-6-11-28)22-26-14-20-32(21-15-26)45-24-27-8-3-1-4-9-27/h1-23H,24-25H2,(H,39,42)(H,40,44)(H,41,43)/b34-22-. The third kappa shape index (κ3) is 10.1. The highest BCUT2D eigenvalue weighted by Gasteiger charge is 2.16. The first-order valence-electron chi connectivity index (χ1n) is 14.4. The van der Waals surface area contributed by atoms with E-state index in [9.17, 15) is 14.4 Å². The Kier molecular flexibility index (Phi) is 11.6. The number of ether oxygens (including phenoxy) is 1. The van der Waals surface area contributed by atoms with Crippen LogP contribution in [0.3, 0.4) is 0 Å². The Hall–Kier alpha value is -4.87. The molecule has 3 amide bonds. The van der Waals surface area contributed by atoms with Gasteiger partial charge in [0.1, 0.15) is 18.1 Å². The highest BCUT2D eigenvalue weighted by molar-refractivity contribution is 14.1. The molecular weight excluding hydrogens is 709 g/mol. The van der Waals surface area contributed by atoms with Gasteiger partial charge in [0, 0.05) is 25.4 Å². The van der Waals surface area contributed by atoms with E-state index in [1.54, 1.807) is 48.5 Å². The third-order valence-electron chi connectivity index (χ3n) is 6.56. The van der Waals surface area contributed by atoms with Gasteiger partial charge in [-0.1, -0.05) is 66.7 Å². The highest BCUT2D eigenvalue weighted by Crippen LogP contribution is 2.23. The normalized spacial score (nSPS) is 10.9. The predicted octanol–water partition coefficient (Wildman–Crippen LogP) is 8.01. The predicted molar refractivity (Wildman–Crippen MR) is 193 cm³/mol. The van der Waals surface area contributed by atoms with E-state index in [1.165, 1.54) is 11.8 Å². The largest absolute Gasteiger partial charge is 0.489 e. The lowest BCUT2D eigenvalue weighted by Gasteiger charge is -2.12. The summed E-state index contributed by atoms with van der Waals surface area (Å²) in [6.45, 7) is 0.436. The van der Waals surface area contributed by atoms with Crippen LogP contribution in [0.4, 0.5) is 11.4 Å². The van der Waals surface area contributed by atoms with Crippen molar-refractivity contribution in [3.05, 3.63) is 159 Å².